The van der Waals surface area contributed by atoms with Crippen molar-refractivity contribution in [2.75, 3.05) is 26.4 Å². The van der Waals surface area contributed by atoms with Crippen LogP contribution in [0.5, 0.6) is 0 Å². The lowest BCUT2D eigenvalue weighted by molar-refractivity contribution is -0.305. The van der Waals surface area contributed by atoms with Gasteiger partial charge in [-0.3, -0.25) is 4.79 Å². The summed E-state index contributed by atoms with van der Waals surface area (Å²) in [7, 11) is 0. The topological polar surface area (TPSA) is 135 Å². The Bertz CT molecular complexity index is 1090. The van der Waals surface area contributed by atoms with E-state index in [2.05, 4.69) is 62.5 Å². The van der Waals surface area contributed by atoms with E-state index in [1.165, 1.54) is 141 Å². The summed E-state index contributed by atoms with van der Waals surface area (Å²) >= 11 is 0. The van der Waals surface area contributed by atoms with Crippen LogP contribution in [0.15, 0.2) is 48.6 Å². The Morgan fingerprint density at radius 1 is 0.516 bits per heavy atom. The number of carbonyl (C=O) groups is 1. The number of aliphatic hydroxyl groups excluding tert-OH is 4. The van der Waals surface area contributed by atoms with Gasteiger partial charge in [-0.05, 0) is 77.0 Å². The van der Waals surface area contributed by atoms with Crippen LogP contribution in [0.1, 0.15) is 219 Å². The normalized spacial score (nSPS) is 20.1. The summed E-state index contributed by atoms with van der Waals surface area (Å²) in [5.41, 5.74) is 0. The lowest BCUT2D eigenvalue weighted by atomic mass is 9.99. The van der Waals surface area contributed by atoms with E-state index >= 15 is 0 Å². The Labute approximate surface area is 380 Å². The van der Waals surface area contributed by atoms with Gasteiger partial charge >= 0.3 is 5.97 Å². The number of allylic oxidation sites excluding steroid dienone is 8. The first kappa shape index (κ1) is 58.2. The second kappa shape index (κ2) is 44.4. The fraction of sp³-hybridized carbons (Fsp3) is 0.830. The average molecular weight is 877 g/mol. The van der Waals surface area contributed by atoms with Gasteiger partial charge in [-0.25, -0.2) is 0 Å². The van der Waals surface area contributed by atoms with Crippen molar-refractivity contribution >= 4 is 5.97 Å². The van der Waals surface area contributed by atoms with Crippen LogP contribution in [0.3, 0.4) is 0 Å². The van der Waals surface area contributed by atoms with Crippen molar-refractivity contribution in [1.29, 1.82) is 0 Å². The smallest absolute Gasteiger partial charge is 0.306 e. The zero-order valence-electron chi connectivity index (χ0n) is 39.9. The minimum Gasteiger partial charge on any atom is -0.457 e. The zero-order valence-corrected chi connectivity index (χ0v) is 39.9. The fourth-order valence-corrected chi connectivity index (χ4v) is 7.67. The van der Waals surface area contributed by atoms with Gasteiger partial charge in [-0.1, -0.05) is 184 Å². The highest BCUT2D eigenvalue weighted by Crippen LogP contribution is 2.23. The molecule has 1 aliphatic rings. The van der Waals surface area contributed by atoms with E-state index in [-0.39, 0.29) is 19.2 Å². The average Bonchev–Trinajstić information content (AvgIpc) is 3.27. The van der Waals surface area contributed by atoms with Crippen LogP contribution in [0.4, 0.5) is 0 Å². The number of carbonyl (C=O) groups excluding carboxylic acids is 1. The number of unbranched alkanes of at least 4 members (excludes halogenated alkanes) is 25. The number of esters is 1. The van der Waals surface area contributed by atoms with Gasteiger partial charge in [-0.2, -0.15) is 0 Å². The van der Waals surface area contributed by atoms with Crippen molar-refractivity contribution in [3.05, 3.63) is 48.6 Å². The Kier molecular flexibility index (Phi) is 41.6. The lowest BCUT2D eigenvalue weighted by Crippen LogP contribution is -2.59. The Hall–Kier alpha value is -1.85. The molecular weight excluding hydrogens is 781 g/mol. The van der Waals surface area contributed by atoms with Gasteiger partial charge in [0, 0.05) is 13.0 Å². The molecule has 0 spiro atoms. The molecule has 9 heteroatoms. The SMILES string of the molecule is CCCCCCC/C=C\C/C=C\C/C=C\CCCCCCCCC(=O)OC(COCCCCCCCCCC/C=C\CCCCCCCC)COC1OC(CO)C(O)C(O)C1O. The molecule has 6 atom stereocenters. The van der Waals surface area contributed by atoms with Crippen molar-refractivity contribution in [2.24, 2.45) is 0 Å². The van der Waals surface area contributed by atoms with E-state index in [9.17, 15) is 25.2 Å². The third-order valence-corrected chi connectivity index (χ3v) is 11.7. The summed E-state index contributed by atoms with van der Waals surface area (Å²) < 4.78 is 22.9. The third-order valence-electron chi connectivity index (χ3n) is 11.7. The fourth-order valence-electron chi connectivity index (χ4n) is 7.67. The van der Waals surface area contributed by atoms with Crippen LogP contribution < -0.4 is 0 Å². The van der Waals surface area contributed by atoms with Gasteiger partial charge in [-0.15, -0.1) is 0 Å². The second-order valence-corrected chi connectivity index (χ2v) is 17.6. The highest BCUT2D eigenvalue weighted by atomic mass is 16.7. The predicted octanol–water partition coefficient (Wildman–Crippen LogP) is 12.5. The number of hydrogen-bond donors (Lipinski definition) is 4. The van der Waals surface area contributed by atoms with Crippen LogP contribution in [0.25, 0.3) is 0 Å². The minimum atomic E-state index is -1.54. The molecule has 1 fully saturated rings. The van der Waals surface area contributed by atoms with Crippen LogP contribution in [0.2, 0.25) is 0 Å². The molecule has 62 heavy (non-hydrogen) atoms. The van der Waals surface area contributed by atoms with E-state index in [0.29, 0.717) is 13.0 Å². The van der Waals surface area contributed by atoms with Crippen molar-refractivity contribution < 1.29 is 44.2 Å². The number of aliphatic hydroxyl groups is 4. The predicted molar refractivity (Wildman–Crippen MR) is 256 cm³/mol. The van der Waals surface area contributed by atoms with Crippen molar-refractivity contribution in [3.63, 3.8) is 0 Å². The number of hydrogen-bond acceptors (Lipinski definition) is 9. The Balaban J connectivity index is 2.23. The molecule has 4 N–H and O–H groups in total. The van der Waals surface area contributed by atoms with Crippen molar-refractivity contribution in [2.45, 2.75) is 256 Å². The first-order chi connectivity index (χ1) is 30.4. The molecule has 6 unspecified atom stereocenters. The molecule has 0 radical (unpaired) electrons. The molecule has 1 heterocycles. The molecule has 0 bridgehead atoms. The summed E-state index contributed by atoms with van der Waals surface area (Å²) in [5, 5.41) is 40.2. The molecule has 1 aliphatic heterocycles. The summed E-state index contributed by atoms with van der Waals surface area (Å²) in [5.74, 6) is -0.326. The minimum absolute atomic E-state index is 0.120. The highest BCUT2D eigenvalue weighted by Gasteiger charge is 2.44. The monoisotopic (exact) mass is 877 g/mol. The first-order valence-electron chi connectivity index (χ1n) is 25.7. The Morgan fingerprint density at radius 3 is 1.42 bits per heavy atom. The zero-order chi connectivity index (χ0) is 45.0. The molecule has 0 aliphatic carbocycles. The van der Waals surface area contributed by atoms with E-state index in [1.807, 2.05) is 0 Å². The van der Waals surface area contributed by atoms with E-state index in [4.69, 9.17) is 18.9 Å². The second-order valence-electron chi connectivity index (χ2n) is 17.6. The van der Waals surface area contributed by atoms with Gasteiger partial charge in [0.05, 0.1) is 19.8 Å². The summed E-state index contributed by atoms with van der Waals surface area (Å²) in [6, 6.07) is 0. The molecule has 0 aromatic heterocycles. The standard InChI is InChI=1S/C53H96O9/c1-3-5-7-9-11-13-15-17-19-21-23-24-25-26-28-30-32-34-36-38-40-42-49(55)61-47(46-60-53-52(58)51(57)50(56)48(44-54)62-53)45-59-43-41-39-37-35-33-31-29-27-22-20-18-16-14-12-10-8-6-4-2/h15,17-18,20-21,23,25-26,47-48,50-54,56-58H,3-14,16,19,22,24,27-46H2,1-2H3/b17-15-,20-18-,23-21-,26-25-. The quantitative estimate of drug-likeness (QED) is 0.0268. The van der Waals surface area contributed by atoms with Crippen molar-refractivity contribution in [3.8, 4) is 0 Å². The highest BCUT2D eigenvalue weighted by molar-refractivity contribution is 5.69. The van der Waals surface area contributed by atoms with Gasteiger partial charge in [0.2, 0.25) is 0 Å². The molecular formula is C53H96O9. The van der Waals surface area contributed by atoms with E-state index in [1.54, 1.807) is 0 Å². The molecule has 1 rings (SSSR count). The third kappa shape index (κ3) is 34.5. The van der Waals surface area contributed by atoms with Gasteiger partial charge < -0.3 is 39.4 Å². The number of rotatable bonds is 44. The molecule has 0 aromatic carbocycles. The maximum absolute atomic E-state index is 12.8. The first-order valence-corrected chi connectivity index (χ1v) is 25.7. The van der Waals surface area contributed by atoms with E-state index < -0.39 is 43.4 Å². The molecule has 0 amide bonds. The summed E-state index contributed by atoms with van der Waals surface area (Å²) in [6.45, 7) is 4.54. The molecule has 362 valence electrons. The van der Waals surface area contributed by atoms with Crippen LogP contribution in [-0.2, 0) is 23.7 Å². The molecule has 9 nitrogen and oxygen atoms in total. The van der Waals surface area contributed by atoms with Crippen LogP contribution in [-0.4, -0.2) is 89.6 Å². The van der Waals surface area contributed by atoms with Crippen LogP contribution >= 0.6 is 0 Å². The van der Waals surface area contributed by atoms with Crippen LogP contribution in [0, 0.1) is 0 Å². The molecule has 0 saturated carbocycles. The van der Waals surface area contributed by atoms with Gasteiger partial charge in [0.15, 0.2) is 6.29 Å². The van der Waals surface area contributed by atoms with Gasteiger partial charge in [0.1, 0.15) is 30.5 Å². The molecule has 1 saturated heterocycles. The maximum atomic E-state index is 12.8. The largest absolute Gasteiger partial charge is 0.457 e. The van der Waals surface area contributed by atoms with Gasteiger partial charge in [0.25, 0.3) is 0 Å². The van der Waals surface area contributed by atoms with Crippen molar-refractivity contribution in [1.82, 2.24) is 0 Å². The molecule has 0 aromatic rings. The number of ether oxygens (including phenoxy) is 4. The maximum Gasteiger partial charge on any atom is 0.306 e. The summed E-state index contributed by atoms with van der Waals surface area (Å²) in [6.07, 6.45) is 48.5. The Morgan fingerprint density at radius 2 is 0.935 bits per heavy atom. The summed E-state index contributed by atoms with van der Waals surface area (Å²) in [4.78, 5) is 12.8. The lowest BCUT2D eigenvalue weighted by Gasteiger charge is -2.39. The van der Waals surface area contributed by atoms with E-state index in [0.717, 1.165) is 57.8 Å².